The van der Waals surface area contributed by atoms with Crippen LogP contribution in [0.3, 0.4) is 0 Å². The maximum atomic E-state index is 11.8. The highest BCUT2D eigenvalue weighted by atomic mass is 16.2. The van der Waals surface area contributed by atoms with E-state index in [4.69, 9.17) is 0 Å². The van der Waals surface area contributed by atoms with E-state index in [1.54, 1.807) is 24.1 Å². The Hall–Kier alpha value is -2.11. The zero-order valence-corrected chi connectivity index (χ0v) is 9.19. The van der Waals surface area contributed by atoms with E-state index >= 15 is 0 Å². The molecule has 1 amide bonds. The Morgan fingerprint density at radius 1 is 1.56 bits per heavy atom. The number of amides is 1. The molecule has 2 rings (SSSR count). The molecule has 16 heavy (non-hydrogen) atoms. The molecule has 0 saturated heterocycles. The molecule has 0 bridgehead atoms. The Balaban J connectivity index is 2.17. The Morgan fingerprint density at radius 3 is 3.00 bits per heavy atom. The summed E-state index contributed by atoms with van der Waals surface area (Å²) in [4.78, 5) is 15.7. The van der Waals surface area contributed by atoms with Crippen LogP contribution < -0.4 is 5.32 Å². The van der Waals surface area contributed by atoms with Crippen LogP contribution in [0, 0.1) is 0 Å². The number of nitrogens with zero attached hydrogens (tertiary/aromatic N) is 3. The lowest BCUT2D eigenvalue weighted by molar-refractivity contribution is 0.101. The highest BCUT2D eigenvalue weighted by Crippen LogP contribution is 2.12. The standard InChI is InChI=1S/C10H13N5O/c1-3-7-4-12-14-9(7)13-10(16)8-5-11-6-15(8)2/h4-6H,3H2,1-2H3,(H2,12,13,14,16). The molecule has 0 spiro atoms. The third kappa shape index (κ3) is 1.81. The summed E-state index contributed by atoms with van der Waals surface area (Å²) in [5.41, 5.74) is 1.49. The largest absolute Gasteiger partial charge is 0.330 e. The molecule has 2 heterocycles. The maximum absolute atomic E-state index is 11.8. The number of aromatic nitrogens is 4. The number of imidazole rings is 1. The second kappa shape index (κ2) is 4.18. The normalized spacial score (nSPS) is 10.4. The Kier molecular flexibility index (Phi) is 2.72. The van der Waals surface area contributed by atoms with Gasteiger partial charge < -0.3 is 9.88 Å². The van der Waals surface area contributed by atoms with Crippen molar-refractivity contribution >= 4 is 11.7 Å². The summed E-state index contributed by atoms with van der Waals surface area (Å²) in [5.74, 6) is 0.452. The zero-order valence-electron chi connectivity index (χ0n) is 9.19. The second-order valence-corrected chi connectivity index (χ2v) is 3.47. The summed E-state index contributed by atoms with van der Waals surface area (Å²) in [7, 11) is 1.77. The summed E-state index contributed by atoms with van der Waals surface area (Å²) >= 11 is 0. The first-order valence-corrected chi connectivity index (χ1v) is 5.02. The minimum Gasteiger partial charge on any atom is -0.330 e. The van der Waals surface area contributed by atoms with E-state index in [2.05, 4.69) is 20.5 Å². The molecule has 6 heteroatoms. The number of aromatic amines is 1. The van der Waals surface area contributed by atoms with E-state index < -0.39 is 0 Å². The van der Waals surface area contributed by atoms with Crippen molar-refractivity contribution in [3.8, 4) is 0 Å². The lowest BCUT2D eigenvalue weighted by atomic mass is 10.2. The van der Waals surface area contributed by atoms with Crippen LogP contribution in [0.25, 0.3) is 0 Å². The van der Waals surface area contributed by atoms with Gasteiger partial charge in [0.2, 0.25) is 0 Å². The van der Waals surface area contributed by atoms with Crippen LogP contribution in [0.2, 0.25) is 0 Å². The van der Waals surface area contributed by atoms with Crippen molar-refractivity contribution in [3.63, 3.8) is 0 Å². The van der Waals surface area contributed by atoms with E-state index in [9.17, 15) is 4.79 Å². The van der Waals surface area contributed by atoms with Crippen molar-refractivity contribution in [1.82, 2.24) is 19.7 Å². The first-order chi connectivity index (χ1) is 7.72. The van der Waals surface area contributed by atoms with Crippen molar-refractivity contribution in [2.45, 2.75) is 13.3 Å². The van der Waals surface area contributed by atoms with Crippen LogP contribution in [0.1, 0.15) is 23.0 Å². The van der Waals surface area contributed by atoms with Gasteiger partial charge in [-0.25, -0.2) is 4.98 Å². The zero-order chi connectivity index (χ0) is 11.5. The number of aryl methyl sites for hydroxylation is 2. The molecule has 0 aliphatic carbocycles. The summed E-state index contributed by atoms with van der Waals surface area (Å²) < 4.78 is 1.66. The lowest BCUT2D eigenvalue weighted by Gasteiger charge is -2.04. The Bertz CT molecular complexity index is 499. The maximum Gasteiger partial charge on any atom is 0.275 e. The smallest absolute Gasteiger partial charge is 0.275 e. The first kappa shape index (κ1) is 10.4. The molecule has 0 fully saturated rings. The molecule has 2 N–H and O–H groups in total. The van der Waals surface area contributed by atoms with E-state index in [0.29, 0.717) is 11.5 Å². The molecule has 6 nitrogen and oxygen atoms in total. The number of nitrogens with one attached hydrogen (secondary N) is 2. The molecule has 0 aromatic carbocycles. The number of hydrogen-bond acceptors (Lipinski definition) is 3. The number of carbonyl (C=O) groups excluding carboxylic acids is 1. The lowest BCUT2D eigenvalue weighted by Crippen LogP contribution is -2.16. The summed E-state index contributed by atoms with van der Waals surface area (Å²) in [6, 6.07) is 0. The van der Waals surface area contributed by atoms with Gasteiger partial charge in [0.1, 0.15) is 11.5 Å². The second-order valence-electron chi connectivity index (χ2n) is 3.47. The van der Waals surface area contributed by atoms with Gasteiger partial charge >= 0.3 is 0 Å². The van der Waals surface area contributed by atoms with Gasteiger partial charge in [-0.3, -0.25) is 9.89 Å². The quantitative estimate of drug-likeness (QED) is 0.807. The van der Waals surface area contributed by atoms with Gasteiger partial charge in [-0.05, 0) is 6.42 Å². The van der Waals surface area contributed by atoms with Gasteiger partial charge in [-0.1, -0.05) is 6.92 Å². The SMILES string of the molecule is CCc1cn[nH]c1NC(=O)c1cncn1C. The van der Waals surface area contributed by atoms with Crippen LogP contribution in [-0.2, 0) is 13.5 Å². The van der Waals surface area contributed by atoms with Gasteiger partial charge in [0.15, 0.2) is 0 Å². The third-order valence-corrected chi connectivity index (χ3v) is 2.39. The molecule has 0 aliphatic heterocycles. The molecule has 0 atom stereocenters. The molecule has 2 aromatic rings. The predicted octanol–water partition coefficient (Wildman–Crippen LogP) is 0.958. The topological polar surface area (TPSA) is 75.6 Å². The Labute approximate surface area is 92.7 Å². The fraction of sp³-hybridized carbons (Fsp3) is 0.300. The molecule has 84 valence electrons. The number of anilines is 1. The minimum atomic E-state index is -0.195. The number of rotatable bonds is 3. The van der Waals surface area contributed by atoms with Crippen LogP contribution >= 0.6 is 0 Å². The van der Waals surface area contributed by atoms with Gasteiger partial charge in [-0.2, -0.15) is 5.10 Å². The molecule has 0 saturated carbocycles. The molecule has 2 aromatic heterocycles. The molecule has 0 aliphatic rings. The van der Waals surface area contributed by atoms with Crippen molar-refractivity contribution in [2.24, 2.45) is 7.05 Å². The molecule has 0 radical (unpaired) electrons. The monoisotopic (exact) mass is 219 g/mol. The highest BCUT2D eigenvalue weighted by Gasteiger charge is 2.12. The van der Waals surface area contributed by atoms with Crippen molar-refractivity contribution in [1.29, 1.82) is 0 Å². The van der Waals surface area contributed by atoms with Gasteiger partial charge in [-0.15, -0.1) is 0 Å². The van der Waals surface area contributed by atoms with Crippen molar-refractivity contribution in [2.75, 3.05) is 5.32 Å². The summed E-state index contributed by atoms with van der Waals surface area (Å²) in [6.45, 7) is 2.00. The molecule has 0 unspecified atom stereocenters. The van der Waals surface area contributed by atoms with E-state index in [0.717, 1.165) is 12.0 Å². The van der Waals surface area contributed by atoms with Crippen LogP contribution in [0.15, 0.2) is 18.7 Å². The van der Waals surface area contributed by atoms with Gasteiger partial charge in [0, 0.05) is 12.6 Å². The predicted molar refractivity (Wildman–Crippen MR) is 59.1 cm³/mol. The fourth-order valence-corrected chi connectivity index (χ4v) is 1.44. The van der Waals surface area contributed by atoms with Gasteiger partial charge in [0.05, 0.1) is 18.7 Å². The molecular weight excluding hydrogens is 206 g/mol. The Morgan fingerprint density at radius 2 is 2.38 bits per heavy atom. The average Bonchev–Trinajstić information content (AvgIpc) is 2.86. The third-order valence-electron chi connectivity index (χ3n) is 2.39. The fourth-order valence-electron chi connectivity index (χ4n) is 1.44. The van der Waals surface area contributed by atoms with E-state index in [1.165, 1.54) is 6.20 Å². The first-order valence-electron chi connectivity index (χ1n) is 5.02. The van der Waals surface area contributed by atoms with E-state index in [-0.39, 0.29) is 5.91 Å². The summed E-state index contributed by atoms with van der Waals surface area (Å²) in [5, 5.41) is 9.41. The van der Waals surface area contributed by atoms with E-state index in [1.807, 2.05) is 6.92 Å². The van der Waals surface area contributed by atoms with Crippen LogP contribution in [-0.4, -0.2) is 25.7 Å². The van der Waals surface area contributed by atoms with Gasteiger partial charge in [0.25, 0.3) is 5.91 Å². The van der Waals surface area contributed by atoms with Crippen molar-refractivity contribution in [3.05, 3.63) is 30.0 Å². The molecular formula is C10H13N5O. The van der Waals surface area contributed by atoms with Crippen LogP contribution in [0.5, 0.6) is 0 Å². The van der Waals surface area contributed by atoms with Crippen molar-refractivity contribution < 1.29 is 4.79 Å². The number of H-pyrrole nitrogens is 1. The number of hydrogen-bond donors (Lipinski definition) is 2. The summed E-state index contributed by atoms with van der Waals surface area (Å²) in [6.07, 6.45) is 5.64. The van der Waals surface area contributed by atoms with Crippen LogP contribution in [0.4, 0.5) is 5.82 Å². The highest BCUT2D eigenvalue weighted by molar-refractivity contribution is 6.02. The average molecular weight is 219 g/mol. The number of carbonyl (C=O) groups is 1. The minimum absolute atomic E-state index is 0.195.